The van der Waals surface area contributed by atoms with E-state index in [1.54, 1.807) is 0 Å². The largest absolute Gasteiger partial charge is 0.481 e. The van der Waals surface area contributed by atoms with E-state index in [-0.39, 0.29) is 11.3 Å². The predicted molar refractivity (Wildman–Crippen MR) is 67.6 cm³/mol. The van der Waals surface area contributed by atoms with Crippen LogP contribution in [0, 0.1) is 11.3 Å². The minimum atomic E-state index is -0.687. The normalized spacial score (nSPS) is 14.1. The molecule has 0 radical (unpaired) electrons. The molecule has 1 atom stereocenters. The number of carboxylic acid groups (broad SMARTS) is 1. The number of nitrogens with one attached hydrogen (secondary N) is 1. The van der Waals surface area contributed by atoms with Gasteiger partial charge >= 0.3 is 5.97 Å². The molecule has 0 aromatic heterocycles. The minimum absolute atomic E-state index is 0.0681. The number of aliphatic carboxylic acids is 1. The van der Waals surface area contributed by atoms with Crippen molar-refractivity contribution in [1.82, 2.24) is 5.32 Å². The molecule has 1 unspecified atom stereocenters. The third-order valence-corrected chi connectivity index (χ3v) is 2.85. The number of hydrogen-bond acceptors (Lipinski definition) is 2. The molecule has 2 N–H and O–H groups in total. The van der Waals surface area contributed by atoms with Crippen molar-refractivity contribution in [3.63, 3.8) is 0 Å². The van der Waals surface area contributed by atoms with Crippen molar-refractivity contribution in [2.75, 3.05) is 6.54 Å². The van der Waals surface area contributed by atoms with E-state index >= 15 is 0 Å². The van der Waals surface area contributed by atoms with E-state index in [4.69, 9.17) is 5.11 Å². The van der Waals surface area contributed by atoms with Crippen molar-refractivity contribution < 1.29 is 9.90 Å². The molecule has 3 nitrogen and oxygen atoms in total. The van der Waals surface area contributed by atoms with Crippen molar-refractivity contribution in [2.24, 2.45) is 11.3 Å². The van der Waals surface area contributed by atoms with Gasteiger partial charge in [0.15, 0.2) is 0 Å². The van der Waals surface area contributed by atoms with Crippen LogP contribution in [-0.2, 0) is 4.79 Å². The molecular formula is C13H27NO2. The topological polar surface area (TPSA) is 49.3 Å². The van der Waals surface area contributed by atoms with Crippen molar-refractivity contribution in [3.05, 3.63) is 0 Å². The van der Waals surface area contributed by atoms with Gasteiger partial charge in [-0.25, -0.2) is 0 Å². The number of hydrogen-bond donors (Lipinski definition) is 2. The zero-order valence-corrected chi connectivity index (χ0v) is 11.3. The molecule has 0 bridgehead atoms. The van der Waals surface area contributed by atoms with Crippen LogP contribution in [-0.4, -0.2) is 23.7 Å². The first-order chi connectivity index (χ1) is 7.30. The summed E-state index contributed by atoms with van der Waals surface area (Å²) >= 11 is 0. The second kappa shape index (κ2) is 6.89. The summed E-state index contributed by atoms with van der Waals surface area (Å²) < 4.78 is 0. The molecule has 0 aliphatic carbocycles. The Hall–Kier alpha value is -0.570. The highest BCUT2D eigenvalue weighted by molar-refractivity contribution is 5.70. The van der Waals surface area contributed by atoms with Crippen molar-refractivity contribution in [3.8, 4) is 0 Å². The Labute approximate surface area is 99.6 Å². The fourth-order valence-electron chi connectivity index (χ4n) is 1.87. The maximum absolute atomic E-state index is 11.1. The van der Waals surface area contributed by atoms with E-state index in [0.717, 1.165) is 19.3 Å². The van der Waals surface area contributed by atoms with E-state index in [1.807, 2.05) is 0 Å². The average molecular weight is 229 g/mol. The number of carboxylic acids is 1. The van der Waals surface area contributed by atoms with Gasteiger partial charge in [-0.2, -0.15) is 0 Å². The molecule has 0 rings (SSSR count). The van der Waals surface area contributed by atoms with Crippen LogP contribution in [0.5, 0.6) is 0 Å². The number of rotatable bonds is 7. The van der Waals surface area contributed by atoms with Gasteiger partial charge in [0.25, 0.3) is 0 Å². The lowest BCUT2D eigenvalue weighted by atomic mass is 9.84. The third kappa shape index (κ3) is 6.83. The smallest absolute Gasteiger partial charge is 0.307 e. The first kappa shape index (κ1) is 15.4. The average Bonchev–Trinajstić information content (AvgIpc) is 2.15. The Bertz CT molecular complexity index is 204. The van der Waals surface area contributed by atoms with E-state index in [2.05, 4.69) is 39.9 Å². The molecule has 0 aromatic rings. The van der Waals surface area contributed by atoms with Gasteiger partial charge in [0.1, 0.15) is 0 Å². The minimum Gasteiger partial charge on any atom is -0.481 e. The Morgan fingerprint density at radius 1 is 1.25 bits per heavy atom. The van der Waals surface area contributed by atoms with Crippen LogP contribution in [0.15, 0.2) is 0 Å². The maximum atomic E-state index is 11.1. The summed E-state index contributed by atoms with van der Waals surface area (Å²) in [7, 11) is 0. The standard InChI is InChI=1S/C13H27NO2/c1-6-11(7-2)14-9-10(12(15)16)8-13(3,4)5/h10-11,14H,6-9H2,1-5H3,(H,15,16). The summed E-state index contributed by atoms with van der Waals surface area (Å²) in [5.41, 5.74) is 0.0681. The summed E-state index contributed by atoms with van der Waals surface area (Å²) in [6.07, 6.45) is 2.83. The first-order valence-electron chi connectivity index (χ1n) is 6.26. The van der Waals surface area contributed by atoms with Crippen molar-refractivity contribution >= 4 is 5.97 Å². The zero-order chi connectivity index (χ0) is 12.8. The van der Waals surface area contributed by atoms with Gasteiger partial charge in [-0.15, -0.1) is 0 Å². The molecule has 0 amide bonds. The van der Waals surface area contributed by atoms with Gasteiger partial charge < -0.3 is 10.4 Å². The number of carbonyl (C=O) groups is 1. The summed E-state index contributed by atoms with van der Waals surface area (Å²) in [4.78, 5) is 11.1. The quantitative estimate of drug-likeness (QED) is 0.705. The molecule has 0 aliphatic heterocycles. The Morgan fingerprint density at radius 2 is 1.75 bits per heavy atom. The molecular weight excluding hydrogens is 202 g/mol. The Balaban J connectivity index is 4.19. The van der Waals surface area contributed by atoms with E-state index in [1.165, 1.54) is 0 Å². The van der Waals surface area contributed by atoms with E-state index in [9.17, 15) is 4.79 Å². The molecule has 16 heavy (non-hydrogen) atoms. The summed E-state index contributed by atoms with van der Waals surface area (Å²) in [6, 6.07) is 0.446. The van der Waals surface area contributed by atoms with Crippen LogP contribution in [0.4, 0.5) is 0 Å². The van der Waals surface area contributed by atoms with Crippen LogP contribution in [0.25, 0.3) is 0 Å². The van der Waals surface area contributed by atoms with Gasteiger partial charge in [0.05, 0.1) is 5.92 Å². The Kier molecular flexibility index (Phi) is 6.65. The molecule has 0 fully saturated rings. The Morgan fingerprint density at radius 3 is 2.06 bits per heavy atom. The van der Waals surface area contributed by atoms with Crippen LogP contribution >= 0.6 is 0 Å². The summed E-state index contributed by atoms with van der Waals surface area (Å²) in [6.45, 7) is 11.1. The van der Waals surface area contributed by atoms with Crippen molar-refractivity contribution in [2.45, 2.75) is 59.9 Å². The maximum Gasteiger partial charge on any atom is 0.307 e. The highest BCUT2D eigenvalue weighted by atomic mass is 16.4. The van der Waals surface area contributed by atoms with Crippen LogP contribution in [0.1, 0.15) is 53.9 Å². The second-order valence-electron chi connectivity index (χ2n) is 5.72. The molecule has 0 aromatic carbocycles. The van der Waals surface area contributed by atoms with Crippen molar-refractivity contribution in [1.29, 1.82) is 0 Å². The predicted octanol–water partition coefficient (Wildman–Crippen LogP) is 2.90. The lowest BCUT2D eigenvalue weighted by molar-refractivity contribution is -0.142. The van der Waals surface area contributed by atoms with Gasteiger partial charge in [0, 0.05) is 12.6 Å². The highest BCUT2D eigenvalue weighted by Crippen LogP contribution is 2.24. The molecule has 96 valence electrons. The molecule has 0 saturated heterocycles. The summed E-state index contributed by atoms with van der Waals surface area (Å²) in [5, 5.41) is 12.5. The lowest BCUT2D eigenvalue weighted by Gasteiger charge is -2.25. The van der Waals surface area contributed by atoms with Gasteiger partial charge in [-0.05, 0) is 24.7 Å². The van der Waals surface area contributed by atoms with Gasteiger partial charge in [0.2, 0.25) is 0 Å². The molecule has 0 aliphatic rings. The third-order valence-electron chi connectivity index (χ3n) is 2.85. The van der Waals surface area contributed by atoms with E-state index in [0.29, 0.717) is 12.6 Å². The molecule has 0 heterocycles. The zero-order valence-electron chi connectivity index (χ0n) is 11.3. The molecule has 0 saturated carbocycles. The second-order valence-corrected chi connectivity index (χ2v) is 5.72. The SMILES string of the molecule is CCC(CC)NCC(CC(C)(C)C)C(=O)O. The van der Waals surface area contributed by atoms with Crippen LogP contribution < -0.4 is 5.32 Å². The van der Waals surface area contributed by atoms with Crippen LogP contribution in [0.2, 0.25) is 0 Å². The summed E-state index contributed by atoms with van der Waals surface area (Å²) in [5.74, 6) is -0.964. The first-order valence-corrected chi connectivity index (χ1v) is 6.26. The van der Waals surface area contributed by atoms with E-state index < -0.39 is 5.97 Å². The lowest BCUT2D eigenvalue weighted by Crippen LogP contribution is -2.37. The van der Waals surface area contributed by atoms with Gasteiger partial charge in [-0.1, -0.05) is 34.6 Å². The van der Waals surface area contributed by atoms with Gasteiger partial charge in [-0.3, -0.25) is 4.79 Å². The van der Waals surface area contributed by atoms with Crippen LogP contribution in [0.3, 0.4) is 0 Å². The highest BCUT2D eigenvalue weighted by Gasteiger charge is 2.24. The fourth-order valence-corrected chi connectivity index (χ4v) is 1.87. The fraction of sp³-hybridized carbons (Fsp3) is 0.923. The molecule has 0 spiro atoms. The monoisotopic (exact) mass is 229 g/mol. The molecule has 3 heteroatoms.